The Morgan fingerprint density at radius 1 is 1.10 bits per heavy atom. The molecule has 0 spiro atoms. The van der Waals surface area contributed by atoms with Gasteiger partial charge in [-0.3, -0.25) is 4.68 Å². The Morgan fingerprint density at radius 2 is 1.85 bits per heavy atom. The van der Waals surface area contributed by atoms with Gasteiger partial charge >= 0.3 is 0 Å². The molecule has 0 radical (unpaired) electrons. The van der Waals surface area contributed by atoms with Crippen LogP contribution in [0, 0.1) is 5.82 Å². The Morgan fingerprint density at radius 3 is 2.60 bits per heavy atom. The highest BCUT2D eigenvalue weighted by Gasteiger charge is 2.07. The van der Waals surface area contributed by atoms with Gasteiger partial charge in [0.05, 0.1) is 11.0 Å². The minimum absolute atomic E-state index is 0.232. The van der Waals surface area contributed by atoms with Gasteiger partial charge in [0.15, 0.2) is 5.82 Å². The van der Waals surface area contributed by atoms with Crippen LogP contribution in [0.5, 0.6) is 0 Å². The van der Waals surface area contributed by atoms with Crippen LogP contribution < -0.4 is 0 Å². The van der Waals surface area contributed by atoms with Crippen LogP contribution >= 0.6 is 15.9 Å². The van der Waals surface area contributed by atoms with Crippen molar-refractivity contribution < 1.29 is 4.39 Å². The van der Waals surface area contributed by atoms with Crippen LogP contribution in [0.25, 0.3) is 11.5 Å². The SMILES string of the molecule is Fc1ccccc1Cn1ccc(-c2ncc(Br)cn2)n1. The molecule has 0 atom stereocenters. The maximum absolute atomic E-state index is 13.6. The lowest BCUT2D eigenvalue weighted by atomic mass is 10.2. The van der Waals surface area contributed by atoms with Crippen LogP contribution in [-0.4, -0.2) is 19.7 Å². The molecule has 0 amide bonds. The number of halogens is 2. The fourth-order valence-corrected chi connectivity index (χ4v) is 2.02. The first-order valence-corrected chi connectivity index (χ1v) is 6.76. The highest BCUT2D eigenvalue weighted by molar-refractivity contribution is 9.10. The summed E-state index contributed by atoms with van der Waals surface area (Å²) in [6.45, 7) is 0.378. The summed E-state index contributed by atoms with van der Waals surface area (Å²) in [4.78, 5) is 8.36. The predicted molar refractivity (Wildman–Crippen MR) is 76.5 cm³/mol. The fraction of sp³-hybridized carbons (Fsp3) is 0.0714. The second-order valence-electron chi connectivity index (χ2n) is 4.21. The average Bonchev–Trinajstić information content (AvgIpc) is 2.91. The maximum Gasteiger partial charge on any atom is 0.180 e. The molecule has 2 heterocycles. The number of rotatable bonds is 3. The fourth-order valence-electron chi connectivity index (χ4n) is 1.81. The molecule has 3 aromatic rings. The molecule has 100 valence electrons. The molecule has 0 saturated heterocycles. The van der Waals surface area contributed by atoms with E-state index in [1.54, 1.807) is 41.5 Å². The lowest BCUT2D eigenvalue weighted by molar-refractivity contribution is 0.585. The normalized spacial score (nSPS) is 10.7. The number of hydrogen-bond donors (Lipinski definition) is 0. The van der Waals surface area contributed by atoms with Gasteiger partial charge in [-0.1, -0.05) is 18.2 Å². The van der Waals surface area contributed by atoms with E-state index in [0.717, 1.165) is 4.47 Å². The van der Waals surface area contributed by atoms with Crippen molar-refractivity contribution in [2.24, 2.45) is 0 Å². The zero-order chi connectivity index (χ0) is 13.9. The largest absolute Gasteiger partial charge is 0.267 e. The molecule has 0 unspecified atom stereocenters. The third-order valence-corrected chi connectivity index (χ3v) is 3.19. The molecule has 0 aliphatic carbocycles. The van der Waals surface area contributed by atoms with Crippen molar-refractivity contribution in [1.29, 1.82) is 0 Å². The van der Waals surface area contributed by atoms with E-state index in [1.165, 1.54) is 6.07 Å². The maximum atomic E-state index is 13.6. The second kappa shape index (κ2) is 5.50. The van der Waals surface area contributed by atoms with Crippen LogP contribution in [0.15, 0.2) is 53.4 Å². The predicted octanol–water partition coefficient (Wildman–Crippen LogP) is 3.29. The smallest absolute Gasteiger partial charge is 0.180 e. The van der Waals surface area contributed by atoms with E-state index in [0.29, 0.717) is 23.6 Å². The Kier molecular flexibility index (Phi) is 3.56. The monoisotopic (exact) mass is 332 g/mol. The Labute approximate surface area is 123 Å². The van der Waals surface area contributed by atoms with Crippen molar-refractivity contribution in [2.75, 3.05) is 0 Å². The summed E-state index contributed by atoms with van der Waals surface area (Å²) < 4.78 is 16.1. The van der Waals surface area contributed by atoms with E-state index >= 15 is 0 Å². The van der Waals surface area contributed by atoms with Crippen LogP contribution in [-0.2, 0) is 6.54 Å². The molecule has 0 N–H and O–H groups in total. The quantitative estimate of drug-likeness (QED) is 0.739. The number of hydrogen-bond acceptors (Lipinski definition) is 3. The summed E-state index contributed by atoms with van der Waals surface area (Å²) in [6, 6.07) is 8.47. The minimum atomic E-state index is -0.232. The number of benzene rings is 1. The summed E-state index contributed by atoms with van der Waals surface area (Å²) >= 11 is 3.28. The molecule has 0 aliphatic heterocycles. The van der Waals surface area contributed by atoms with Gasteiger partial charge in [0.25, 0.3) is 0 Å². The van der Waals surface area contributed by atoms with Crippen LogP contribution in [0.4, 0.5) is 4.39 Å². The first kappa shape index (κ1) is 12.9. The molecule has 4 nitrogen and oxygen atoms in total. The summed E-state index contributed by atoms with van der Waals surface area (Å²) in [6.07, 6.45) is 5.11. The molecular weight excluding hydrogens is 323 g/mol. The molecule has 0 bridgehead atoms. The molecule has 1 aromatic carbocycles. The number of aromatic nitrogens is 4. The van der Waals surface area contributed by atoms with Crippen LogP contribution in [0.1, 0.15) is 5.56 Å². The molecular formula is C14H10BrFN4. The Hall–Kier alpha value is -2.08. The summed E-state index contributed by atoms with van der Waals surface area (Å²) in [5, 5.41) is 4.36. The molecule has 3 rings (SSSR count). The van der Waals surface area contributed by atoms with Crippen molar-refractivity contribution in [3.63, 3.8) is 0 Å². The summed E-state index contributed by atoms with van der Waals surface area (Å²) in [7, 11) is 0. The van der Waals surface area contributed by atoms with E-state index < -0.39 is 0 Å². The highest BCUT2D eigenvalue weighted by atomic mass is 79.9. The van der Waals surface area contributed by atoms with Gasteiger partial charge in [-0.05, 0) is 28.1 Å². The van der Waals surface area contributed by atoms with Gasteiger partial charge in [0.2, 0.25) is 0 Å². The lowest BCUT2D eigenvalue weighted by Gasteiger charge is -2.03. The highest BCUT2D eigenvalue weighted by Crippen LogP contribution is 2.15. The van der Waals surface area contributed by atoms with Crippen molar-refractivity contribution in [2.45, 2.75) is 6.54 Å². The Balaban J connectivity index is 1.84. The molecule has 6 heteroatoms. The van der Waals surface area contributed by atoms with Crippen molar-refractivity contribution in [3.05, 3.63) is 64.8 Å². The van der Waals surface area contributed by atoms with E-state index in [4.69, 9.17) is 0 Å². The number of nitrogens with zero attached hydrogens (tertiary/aromatic N) is 4. The zero-order valence-electron chi connectivity index (χ0n) is 10.4. The van der Waals surface area contributed by atoms with E-state index in [9.17, 15) is 4.39 Å². The molecule has 0 fully saturated rings. The van der Waals surface area contributed by atoms with Gasteiger partial charge in [-0.25, -0.2) is 14.4 Å². The zero-order valence-corrected chi connectivity index (χ0v) is 12.0. The van der Waals surface area contributed by atoms with Crippen molar-refractivity contribution >= 4 is 15.9 Å². The van der Waals surface area contributed by atoms with Gasteiger partial charge in [0, 0.05) is 24.2 Å². The molecule has 20 heavy (non-hydrogen) atoms. The molecule has 2 aromatic heterocycles. The minimum Gasteiger partial charge on any atom is -0.267 e. The first-order chi connectivity index (χ1) is 9.72. The van der Waals surface area contributed by atoms with Crippen molar-refractivity contribution in [1.82, 2.24) is 19.7 Å². The second-order valence-corrected chi connectivity index (χ2v) is 5.13. The summed E-state index contributed by atoms with van der Waals surface area (Å²) in [5.41, 5.74) is 1.26. The summed E-state index contributed by atoms with van der Waals surface area (Å²) in [5.74, 6) is 0.310. The lowest BCUT2D eigenvalue weighted by Crippen LogP contribution is -2.02. The Bertz CT molecular complexity index is 724. The van der Waals surface area contributed by atoms with Gasteiger partial charge in [-0.2, -0.15) is 5.10 Å². The van der Waals surface area contributed by atoms with Gasteiger partial charge < -0.3 is 0 Å². The van der Waals surface area contributed by atoms with Crippen LogP contribution in [0.2, 0.25) is 0 Å². The van der Waals surface area contributed by atoms with E-state index in [2.05, 4.69) is 31.0 Å². The van der Waals surface area contributed by atoms with Crippen LogP contribution in [0.3, 0.4) is 0 Å². The standard InChI is InChI=1S/C14H10BrFN4/c15-11-7-17-14(18-8-11)13-5-6-20(19-13)9-10-3-1-2-4-12(10)16/h1-8H,9H2. The third-order valence-electron chi connectivity index (χ3n) is 2.78. The van der Waals surface area contributed by atoms with Crippen molar-refractivity contribution in [3.8, 4) is 11.5 Å². The molecule has 0 aliphatic rings. The average molecular weight is 333 g/mol. The van der Waals surface area contributed by atoms with E-state index in [1.807, 2.05) is 6.07 Å². The topological polar surface area (TPSA) is 43.6 Å². The third kappa shape index (κ3) is 2.75. The first-order valence-electron chi connectivity index (χ1n) is 5.97. The molecule has 0 saturated carbocycles. The van der Waals surface area contributed by atoms with Gasteiger partial charge in [-0.15, -0.1) is 0 Å². The van der Waals surface area contributed by atoms with Gasteiger partial charge in [0.1, 0.15) is 11.5 Å². The van der Waals surface area contributed by atoms with E-state index in [-0.39, 0.29) is 5.82 Å².